The highest BCUT2D eigenvalue weighted by Gasteiger charge is 2.39. The fraction of sp³-hybridized carbons (Fsp3) is 0.346. The number of aromatic amines is 1. The summed E-state index contributed by atoms with van der Waals surface area (Å²) in [5, 5.41) is 1.19. The van der Waals surface area contributed by atoms with Crippen molar-refractivity contribution in [3.05, 3.63) is 71.9 Å². The zero-order valence-electron chi connectivity index (χ0n) is 18.8. The molecular weight excluding hydrogens is 434 g/mol. The second-order valence-corrected chi connectivity index (χ2v) is 10.8. The van der Waals surface area contributed by atoms with Crippen LogP contribution in [0.1, 0.15) is 36.8 Å². The lowest BCUT2D eigenvalue weighted by Crippen LogP contribution is -2.53. The van der Waals surface area contributed by atoms with Gasteiger partial charge >= 0.3 is 0 Å². The van der Waals surface area contributed by atoms with E-state index in [4.69, 9.17) is 0 Å². The second kappa shape index (κ2) is 8.80. The lowest BCUT2D eigenvalue weighted by Gasteiger charge is -2.37. The van der Waals surface area contributed by atoms with Crippen molar-refractivity contribution in [3.63, 3.8) is 0 Å². The fourth-order valence-electron chi connectivity index (χ4n) is 4.95. The maximum atomic E-state index is 13.5. The average molecular weight is 464 g/mol. The molecule has 172 valence electrons. The highest BCUT2D eigenvalue weighted by molar-refractivity contribution is 7.89. The van der Waals surface area contributed by atoms with Crippen LogP contribution in [-0.4, -0.2) is 54.2 Å². The van der Waals surface area contributed by atoms with Gasteiger partial charge in [0.05, 0.1) is 4.90 Å². The van der Waals surface area contributed by atoms with E-state index in [1.54, 1.807) is 24.3 Å². The van der Waals surface area contributed by atoms with Crippen molar-refractivity contribution in [2.24, 2.45) is 0 Å². The molecule has 3 aromatic rings. The Morgan fingerprint density at radius 2 is 1.82 bits per heavy atom. The Hall–Kier alpha value is -2.90. The van der Waals surface area contributed by atoms with Crippen LogP contribution in [0.2, 0.25) is 0 Å². The van der Waals surface area contributed by atoms with Gasteiger partial charge in [0.2, 0.25) is 15.9 Å². The zero-order chi connectivity index (χ0) is 23.0. The van der Waals surface area contributed by atoms with E-state index < -0.39 is 16.1 Å². The lowest BCUT2D eigenvalue weighted by atomic mass is 9.97. The number of aromatic nitrogens is 1. The van der Waals surface area contributed by atoms with Crippen LogP contribution in [0.15, 0.2) is 65.7 Å². The number of benzene rings is 2. The van der Waals surface area contributed by atoms with Gasteiger partial charge in [0.15, 0.2) is 0 Å². The van der Waals surface area contributed by atoms with Crippen molar-refractivity contribution in [1.82, 2.24) is 14.2 Å². The van der Waals surface area contributed by atoms with Gasteiger partial charge in [-0.2, -0.15) is 4.31 Å². The molecule has 5 rings (SSSR count). The van der Waals surface area contributed by atoms with E-state index in [2.05, 4.69) is 23.2 Å². The summed E-state index contributed by atoms with van der Waals surface area (Å²) < 4.78 is 28.2. The van der Waals surface area contributed by atoms with Gasteiger partial charge in [-0.1, -0.05) is 48.4 Å². The van der Waals surface area contributed by atoms with Gasteiger partial charge in [0, 0.05) is 42.3 Å². The first-order valence-electron chi connectivity index (χ1n) is 11.6. The zero-order valence-corrected chi connectivity index (χ0v) is 19.6. The number of nitrogens with zero attached hydrogens (tertiary/aromatic N) is 2. The van der Waals surface area contributed by atoms with Crippen LogP contribution < -0.4 is 0 Å². The summed E-state index contributed by atoms with van der Waals surface area (Å²) >= 11 is 0. The number of amides is 1. The predicted molar refractivity (Wildman–Crippen MR) is 130 cm³/mol. The van der Waals surface area contributed by atoms with Crippen molar-refractivity contribution in [1.29, 1.82) is 0 Å². The number of carbonyl (C=O) groups is 1. The summed E-state index contributed by atoms with van der Waals surface area (Å²) in [7, 11) is -3.72. The number of carbonyl (C=O) groups excluding carboxylic acids is 1. The first-order valence-corrected chi connectivity index (χ1v) is 13.0. The monoisotopic (exact) mass is 463 g/mol. The molecule has 0 aliphatic carbocycles. The molecule has 0 spiro atoms. The summed E-state index contributed by atoms with van der Waals surface area (Å²) in [5.41, 5.74) is 4.51. The van der Waals surface area contributed by atoms with E-state index in [-0.39, 0.29) is 10.8 Å². The molecular formula is C26H29N3O3S. The largest absolute Gasteiger partial charge is 0.361 e. The number of para-hydroxylation sites is 1. The van der Waals surface area contributed by atoms with Gasteiger partial charge in [-0.25, -0.2) is 8.42 Å². The first kappa shape index (κ1) is 21.9. The van der Waals surface area contributed by atoms with E-state index >= 15 is 0 Å². The Morgan fingerprint density at radius 3 is 2.58 bits per heavy atom. The van der Waals surface area contributed by atoms with E-state index in [1.165, 1.54) is 20.8 Å². The molecule has 1 aromatic heterocycles. The van der Waals surface area contributed by atoms with Crippen LogP contribution in [0.25, 0.3) is 16.5 Å². The minimum atomic E-state index is -3.72. The Labute approximate surface area is 194 Å². The maximum Gasteiger partial charge on any atom is 0.243 e. The minimum absolute atomic E-state index is 0.0837. The molecule has 1 fully saturated rings. The summed E-state index contributed by atoms with van der Waals surface area (Å²) in [6.45, 7) is 3.41. The third kappa shape index (κ3) is 4.11. The number of piperidine rings is 1. The Kier molecular flexibility index (Phi) is 5.85. The van der Waals surface area contributed by atoms with E-state index in [0.717, 1.165) is 30.3 Å². The Morgan fingerprint density at radius 1 is 1.03 bits per heavy atom. The Bertz CT molecular complexity index is 1310. The molecule has 0 unspecified atom stereocenters. The van der Waals surface area contributed by atoms with Crippen molar-refractivity contribution in [2.45, 2.75) is 43.5 Å². The van der Waals surface area contributed by atoms with Gasteiger partial charge in [-0.3, -0.25) is 4.79 Å². The van der Waals surface area contributed by atoms with Crippen LogP contribution >= 0.6 is 0 Å². The molecule has 1 N–H and O–H groups in total. The highest BCUT2D eigenvalue weighted by Crippen LogP contribution is 2.31. The van der Waals surface area contributed by atoms with Crippen LogP contribution in [0.5, 0.6) is 0 Å². The molecule has 0 saturated carbocycles. The summed E-state index contributed by atoms with van der Waals surface area (Å²) in [5.74, 6) is -0.0837. The number of hydrogen-bond acceptors (Lipinski definition) is 3. The molecule has 1 saturated heterocycles. The summed E-state index contributed by atoms with van der Waals surface area (Å²) in [4.78, 5) is 18.9. The van der Waals surface area contributed by atoms with Gasteiger partial charge in [0.1, 0.15) is 6.04 Å². The van der Waals surface area contributed by atoms with Crippen molar-refractivity contribution in [2.75, 3.05) is 19.6 Å². The SMILES string of the molecule is Cc1ccc(S(=O)(=O)N2CCCC[C@H]2C(=O)N2CC=C(c3c[nH]c4ccccc34)CC2)cc1. The molecule has 0 bridgehead atoms. The van der Waals surface area contributed by atoms with Crippen LogP contribution in [0.4, 0.5) is 0 Å². The molecule has 33 heavy (non-hydrogen) atoms. The topological polar surface area (TPSA) is 73.5 Å². The van der Waals surface area contributed by atoms with Gasteiger partial charge in [-0.05, 0) is 50.0 Å². The third-order valence-corrected chi connectivity index (χ3v) is 8.74. The molecule has 6 nitrogen and oxygen atoms in total. The van der Waals surface area contributed by atoms with Crippen molar-refractivity contribution in [3.8, 4) is 0 Å². The molecule has 2 aliphatic rings. The van der Waals surface area contributed by atoms with E-state index in [0.29, 0.717) is 26.1 Å². The summed E-state index contributed by atoms with van der Waals surface area (Å²) in [6, 6.07) is 14.5. The molecule has 2 aliphatic heterocycles. The van der Waals surface area contributed by atoms with Gasteiger partial charge in [-0.15, -0.1) is 0 Å². The predicted octanol–water partition coefficient (Wildman–Crippen LogP) is 4.34. The number of fused-ring (bicyclic) bond motifs is 1. The van der Waals surface area contributed by atoms with Crippen molar-refractivity contribution < 1.29 is 13.2 Å². The second-order valence-electron chi connectivity index (χ2n) is 8.95. The lowest BCUT2D eigenvalue weighted by molar-refractivity contribution is -0.135. The summed E-state index contributed by atoms with van der Waals surface area (Å²) in [6.07, 6.45) is 7.11. The molecule has 1 atom stereocenters. The van der Waals surface area contributed by atoms with E-state index in [9.17, 15) is 13.2 Å². The van der Waals surface area contributed by atoms with Crippen LogP contribution in [-0.2, 0) is 14.8 Å². The number of hydrogen-bond donors (Lipinski definition) is 1. The number of sulfonamides is 1. The number of H-pyrrole nitrogens is 1. The van der Waals surface area contributed by atoms with E-state index in [1.807, 2.05) is 30.2 Å². The molecule has 7 heteroatoms. The quantitative estimate of drug-likeness (QED) is 0.626. The maximum absolute atomic E-state index is 13.5. The molecule has 1 amide bonds. The fourth-order valence-corrected chi connectivity index (χ4v) is 6.60. The molecule has 3 heterocycles. The standard InChI is InChI=1S/C26H29N3O3S/c1-19-9-11-21(12-10-19)33(31,32)29-15-5-4-8-25(29)26(30)28-16-13-20(14-17-28)23-18-27-24-7-3-2-6-22(23)24/h2-3,6-7,9-13,18,25,27H,4-5,8,14-17H2,1H3/t25-/m0/s1. The third-order valence-electron chi connectivity index (χ3n) is 6.82. The van der Waals surface area contributed by atoms with Crippen LogP contribution in [0, 0.1) is 6.92 Å². The molecule has 2 aromatic carbocycles. The van der Waals surface area contributed by atoms with Crippen LogP contribution in [0.3, 0.4) is 0 Å². The highest BCUT2D eigenvalue weighted by atomic mass is 32.2. The number of aryl methyl sites for hydroxylation is 1. The van der Waals surface area contributed by atoms with Gasteiger partial charge < -0.3 is 9.88 Å². The minimum Gasteiger partial charge on any atom is -0.361 e. The molecule has 0 radical (unpaired) electrons. The number of nitrogens with one attached hydrogen (secondary N) is 1. The first-order chi connectivity index (χ1) is 15.9. The normalized spacial score (nSPS) is 20.1. The number of rotatable bonds is 4. The average Bonchev–Trinajstić information content (AvgIpc) is 3.28. The smallest absolute Gasteiger partial charge is 0.243 e. The van der Waals surface area contributed by atoms with Crippen molar-refractivity contribution >= 4 is 32.4 Å². The Balaban J connectivity index is 1.35. The van der Waals surface area contributed by atoms with Gasteiger partial charge in [0.25, 0.3) is 0 Å².